The van der Waals surface area contributed by atoms with E-state index in [1.54, 1.807) is 22.2 Å². The monoisotopic (exact) mass is 302 g/mol. The molecule has 0 fully saturated rings. The summed E-state index contributed by atoms with van der Waals surface area (Å²) in [5.41, 5.74) is 8.66. The number of rotatable bonds is 3. The molecule has 3 aromatic rings. The Kier molecular flexibility index (Phi) is 3.54. The molecule has 0 radical (unpaired) electrons. The number of imidazole rings is 1. The Hall–Kier alpha value is -2.11. The number of aromatic nitrogens is 2. The Balaban J connectivity index is 1.86. The number of halogens is 1. The summed E-state index contributed by atoms with van der Waals surface area (Å²) in [6, 6.07) is 9.41. The fourth-order valence-corrected chi connectivity index (χ4v) is 2.48. The Morgan fingerprint density at radius 2 is 2.05 bits per heavy atom. The number of anilines is 1. The Bertz CT molecular complexity index is 729. The number of nitrogens with two attached hydrogens (primary N) is 1. The topological polar surface area (TPSA) is 56.2 Å². The largest absolute Gasteiger partial charge is 0.368 e. The van der Waals surface area contributed by atoms with E-state index in [1.165, 1.54) is 0 Å². The summed E-state index contributed by atoms with van der Waals surface area (Å²) in [4.78, 5) is 4.29. The minimum atomic E-state index is 0.358. The molecule has 0 aliphatic carbocycles. The van der Waals surface area contributed by atoms with Gasteiger partial charge in [0.2, 0.25) is 5.95 Å². The molecule has 0 aliphatic heterocycles. The Morgan fingerprint density at radius 3 is 2.75 bits per heavy atom. The van der Waals surface area contributed by atoms with E-state index in [9.17, 15) is 0 Å². The van der Waals surface area contributed by atoms with Crippen molar-refractivity contribution >= 4 is 35.1 Å². The molecule has 0 aliphatic rings. The van der Waals surface area contributed by atoms with Crippen LogP contribution >= 0.6 is 22.9 Å². The van der Waals surface area contributed by atoms with Crippen LogP contribution in [0.25, 0.3) is 11.3 Å². The smallest absolute Gasteiger partial charge is 0.221 e. The molecule has 6 heteroatoms. The van der Waals surface area contributed by atoms with E-state index < -0.39 is 0 Å². The first kappa shape index (κ1) is 12.9. The maximum Gasteiger partial charge on any atom is 0.221 e. The first-order chi connectivity index (χ1) is 9.72. The van der Waals surface area contributed by atoms with Gasteiger partial charge < -0.3 is 5.73 Å². The van der Waals surface area contributed by atoms with Gasteiger partial charge in [0.1, 0.15) is 0 Å². The molecule has 0 amide bonds. The molecule has 0 spiro atoms. The minimum absolute atomic E-state index is 0.358. The zero-order valence-electron chi connectivity index (χ0n) is 10.4. The second kappa shape index (κ2) is 5.48. The van der Waals surface area contributed by atoms with Gasteiger partial charge in [0.05, 0.1) is 18.1 Å². The van der Waals surface area contributed by atoms with Crippen molar-refractivity contribution < 1.29 is 0 Å². The van der Waals surface area contributed by atoms with Crippen molar-refractivity contribution in [2.24, 2.45) is 5.10 Å². The van der Waals surface area contributed by atoms with Crippen LogP contribution in [-0.4, -0.2) is 15.9 Å². The maximum absolute atomic E-state index is 5.86. The lowest BCUT2D eigenvalue weighted by molar-refractivity contribution is 0.898. The van der Waals surface area contributed by atoms with Gasteiger partial charge in [0.15, 0.2) is 0 Å². The van der Waals surface area contributed by atoms with Crippen LogP contribution in [0.15, 0.2) is 52.4 Å². The van der Waals surface area contributed by atoms with Crippen LogP contribution in [0.2, 0.25) is 5.02 Å². The average molecular weight is 303 g/mol. The van der Waals surface area contributed by atoms with E-state index in [2.05, 4.69) is 10.1 Å². The van der Waals surface area contributed by atoms with E-state index in [-0.39, 0.29) is 0 Å². The average Bonchev–Trinajstić information content (AvgIpc) is 3.08. The zero-order valence-corrected chi connectivity index (χ0v) is 12.0. The normalized spacial score (nSPS) is 11.2. The molecule has 2 aromatic heterocycles. The van der Waals surface area contributed by atoms with Crippen molar-refractivity contribution in [1.82, 2.24) is 9.66 Å². The van der Waals surface area contributed by atoms with E-state index >= 15 is 0 Å². The van der Waals surface area contributed by atoms with Gasteiger partial charge in [-0.2, -0.15) is 16.4 Å². The van der Waals surface area contributed by atoms with Crippen molar-refractivity contribution in [2.45, 2.75) is 0 Å². The number of thiophene rings is 1. The maximum atomic E-state index is 5.86. The zero-order chi connectivity index (χ0) is 13.9. The van der Waals surface area contributed by atoms with Gasteiger partial charge >= 0.3 is 0 Å². The standard InChI is InChI=1S/C14H11ClN4S/c15-12-3-1-10(2-4-12)7-17-19-8-13(18-14(19)16)11-5-6-20-9-11/h1-9H,(H2,16,18)/b17-7+. The lowest BCUT2D eigenvalue weighted by Crippen LogP contribution is -1.96. The summed E-state index contributed by atoms with van der Waals surface area (Å²) >= 11 is 7.46. The number of hydrogen-bond acceptors (Lipinski definition) is 4. The number of hydrogen-bond donors (Lipinski definition) is 1. The predicted octanol–water partition coefficient (Wildman–Crippen LogP) is 3.73. The van der Waals surface area contributed by atoms with Gasteiger partial charge in [-0.25, -0.2) is 9.66 Å². The van der Waals surface area contributed by atoms with Crippen LogP contribution in [0.3, 0.4) is 0 Å². The summed E-state index contributed by atoms with van der Waals surface area (Å²) in [6.07, 6.45) is 3.52. The van der Waals surface area contributed by atoms with Crippen molar-refractivity contribution in [1.29, 1.82) is 0 Å². The Morgan fingerprint density at radius 1 is 1.25 bits per heavy atom. The van der Waals surface area contributed by atoms with Crippen LogP contribution < -0.4 is 5.73 Å². The van der Waals surface area contributed by atoms with E-state index in [4.69, 9.17) is 17.3 Å². The summed E-state index contributed by atoms with van der Waals surface area (Å²) in [6.45, 7) is 0. The molecular weight excluding hydrogens is 292 g/mol. The first-order valence-electron chi connectivity index (χ1n) is 5.90. The number of nitrogen functional groups attached to an aromatic ring is 1. The molecule has 0 saturated heterocycles. The van der Waals surface area contributed by atoms with Crippen molar-refractivity contribution in [2.75, 3.05) is 5.73 Å². The van der Waals surface area contributed by atoms with Crippen LogP contribution in [0.4, 0.5) is 5.95 Å². The highest BCUT2D eigenvalue weighted by atomic mass is 35.5. The van der Waals surface area contributed by atoms with Crippen LogP contribution in [0, 0.1) is 0 Å². The van der Waals surface area contributed by atoms with Crippen LogP contribution in [0.5, 0.6) is 0 Å². The Labute approximate surface area is 125 Å². The molecule has 1 aromatic carbocycles. The highest BCUT2D eigenvalue weighted by Crippen LogP contribution is 2.22. The molecule has 0 saturated carbocycles. The fourth-order valence-electron chi connectivity index (χ4n) is 1.70. The number of nitrogens with zero attached hydrogens (tertiary/aromatic N) is 3. The molecule has 0 atom stereocenters. The first-order valence-corrected chi connectivity index (χ1v) is 7.22. The SMILES string of the molecule is Nc1nc(-c2ccsc2)cn1/N=C/c1ccc(Cl)cc1. The van der Waals surface area contributed by atoms with Crippen LogP contribution in [-0.2, 0) is 0 Å². The predicted molar refractivity (Wildman–Crippen MR) is 84.4 cm³/mol. The fraction of sp³-hybridized carbons (Fsp3) is 0. The van der Waals surface area contributed by atoms with Crippen molar-refractivity contribution in [3.63, 3.8) is 0 Å². The third-order valence-corrected chi connectivity index (χ3v) is 3.67. The van der Waals surface area contributed by atoms with Gasteiger partial charge in [-0.3, -0.25) is 0 Å². The van der Waals surface area contributed by atoms with Gasteiger partial charge in [0, 0.05) is 16.0 Å². The quantitative estimate of drug-likeness (QED) is 0.749. The van der Waals surface area contributed by atoms with Gasteiger partial charge in [0.25, 0.3) is 0 Å². The van der Waals surface area contributed by atoms with E-state index in [0.717, 1.165) is 16.8 Å². The lowest BCUT2D eigenvalue weighted by Gasteiger charge is -1.95. The van der Waals surface area contributed by atoms with E-state index in [0.29, 0.717) is 11.0 Å². The molecule has 3 rings (SSSR count). The van der Waals surface area contributed by atoms with Crippen molar-refractivity contribution in [3.05, 3.63) is 57.9 Å². The molecule has 4 nitrogen and oxygen atoms in total. The summed E-state index contributed by atoms with van der Waals surface area (Å²) in [7, 11) is 0. The lowest BCUT2D eigenvalue weighted by atomic mass is 10.2. The highest BCUT2D eigenvalue weighted by molar-refractivity contribution is 7.08. The minimum Gasteiger partial charge on any atom is -0.368 e. The van der Waals surface area contributed by atoms with Gasteiger partial charge in [-0.1, -0.05) is 23.7 Å². The second-order valence-corrected chi connectivity index (χ2v) is 5.35. The molecule has 0 bridgehead atoms. The molecule has 2 N–H and O–H groups in total. The van der Waals surface area contributed by atoms with Crippen LogP contribution in [0.1, 0.15) is 5.56 Å². The summed E-state index contributed by atoms with van der Waals surface area (Å²) in [5.74, 6) is 0.358. The highest BCUT2D eigenvalue weighted by Gasteiger charge is 2.06. The molecule has 20 heavy (non-hydrogen) atoms. The molecule has 100 valence electrons. The second-order valence-electron chi connectivity index (χ2n) is 4.14. The summed E-state index contributed by atoms with van der Waals surface area (Å²) in [5, 5.41) is 9.02. The van der Waals surface area contributed by atoms with E-state index in [1.807, 2.05) is 47.3 Å². The third kappa shape index (κ3) is 2.74. The molecule has 0 unspecified atom stereocenters. The molecular formula is C14H11ClN4S. The molecule has 2 heterocycles. The number of benzene rings is 1. The van der Waals surface area contributed by atoms with Gasteiger partial charge in [-0.15, -0.1) is 0 Å². The third-order valence-electron chi connectivity index (χ3n) is 2.73. The summed E-state index contributed by atoms with van der Waals surface area (Å²) < 4.78 is 1.56. The van der Waals surface area contributed by atoms with Gasteiger partial charge in [-0.05, 0) is 29.1 Å². The van der Waals surface area contributed by atoms with Crippen molar-refractivity contribution in [3.8, 4) is 11.3 Å².